The topological polar surface area (TPSA) is 85.1 Å². The molecule has 3 rings (SSSR count). The van der Waals surface area contributed by atoms with E-state index in [1.165, 1.54) is 0 Å². The Balaban J connectivity index is 1.46. The summed E-state index contributed by atoms with van der Waals surface area (Å²) in [5, 5.41) is 3.98. The van der Waals surface area contributed by atoms with E-state index in [4.69, 9.17) is 4.52 Å². The fraction of sp³-hybridized carbons (Fsp3) is 0.300. The van der Waals surface area contributed by atoms with Crippen LogP contribution in [0, 0.1) is 6.92 Å². The minimum absolute atomic E-state index is 0.0974. The monoisotopic (exact) mass is 385 g/mol. The number of benzene rings is 2. The van der Waals surface area contributed by atoms with Crippen LogP contribution in [0.4, 0.5) is 0 Å². The first-order valence-electron chi connectivity index (χ1n) is 8.93. The molecule has 3 aromatic rings. The first kappa shape index (κ1) is 19.3. The Morgan fingerprint density at radius 2 is 1.74 bits per heavy atom. The molecule has 0 saturated carbocycles. The highest BCUT2D eigenvalue weighted by molar-refractivity contribution is 7.89. The molecule has 0 aliphatic rings. The van der Waals surface area contributed by atoms with Crippen LogP contribution >= 0.6 is 0 Å². The number of aromatic nitrogens is 2. The number of sulfonamides is 1. The van der Waals surface area contributed by atoms with Crippen LogP contribution in [0.1, 0.15) is 23.4 Å². The fourth-order valence-electron chi connectivity index (χ4n) is 2.79. The summed E-state index contributed by atoms with van der Waals surface area (Å²) in [4.78, 5) is 4.35. The Hall–Kier alpha value is -2.51. The minimum Gasteiger partial charge on any atom is -0.339 e. The van der Waals surface area contributed by atoms with Crippen LogP contribution in [0.5, 0.6) is 0 Å². The summed E-state index contributed by atoms with van der Waals surface area (Å²) in [5.41, 5.74) is 3.11. The first-order valence-corrected chi connectivity index (χ1v) is 10.6. The zero-order valence-corrected chi connectivity index (χ0v) is 16.1. The first-order chi connectivity index (χ1) is 13.0. The second-order valence-electron chi connectivity index (χ2n) is 6.38. The highest BCUT2D eigenvalue weighted by Crippen LogP contribution is 2.19. The smallest absolute Gasteiger partial charge is 0.228 e. The summed E-state index contributed by atoms with van der Waals surface area (Å²) in [7, 11) is -3.31. The van der Waals surface area contributed by atoms with E-state index in [0.29, 0.717) is 24.6 Å². The van der Waals surface area contributed by atoms with Gasteiger partial charge in [0.05, 0.1) is 5.75 Å². The molecule has 1 aromatic heterocycles. The van der Waals surface area contributed by atoms with Gasteiger partial charge in [0, 0.05) is 18.5 Å². The Morgan fingerprint density at radius 3 is 2.52 bits per heavy atom. The summed E-state index contributed by atoms with van der Waals surface area (Å²) in [6.07, 6.45) is 1.68. The lowest BCUT2D eigenvalue weighted by Gasteiger charge is -2.05. The maximum absolute atomic E-state index is 12.1. The predicted octanol–water partition coefficient (Wildman–Crippen LogP) is 3.14. The molecular weight excluding hydrogens is 362 g/mol. The van der Waals surface area contributed by atoms with E-state index in [1.54, 1.807) is 0 Å². The van der Waals surface area contributed by atoms with E-state index >= 15 is 0 Å². The van der Waals surface area contributed by atoms with Gasteiger partial charge in [-0.05, 0) is 30.9 Å². The van der Waals surface area contributed by atoms with Crippen molar-refractivity contribution in [3.63, 3.8) is 0 Å². The molecule has 0 fully saturated rings. The van der Waals surface area contributed by atoms with Crippen LogP contribution < -0.4 is 4.72 Å². The van der Waals surface area contributed by atoms with Crippen molar-refractivity contribution >= 4 is 10.0 Å². The van der Waals surface area contributed by atoms with E-state index in [9.17, 15) is 8.42 Å². The molecule has 0 atom stereocenters. The van der Waals surface area contributed by atoms with Crippen LogP contribution in [-0.2, 0) is 22.9 Å². The molecule has 0 aliphatic heterocycles. The average molecular weight is 385 g/mol. The van der Waals surface area contributed by atoms with E-state index < -0.39 is 10.0 Å². The number of aryl methyl sites for hydroxylation is 2. The molecule has 0 radical (unpaired) electrons. The minimum atomic E-state index is -3.31. The molecule has 2 aromatic carbocycles. The van der Waals surface area contributed by atoms with Crippen molar-refractivity contribution in [2.24, 2.45) is 0 Å². The van der Waals surface area contributed by atoms with Crippen LogP contribution in [-0.4, -0.2) is 30.9 Å². The summed E-state index contributed by atoms with van der Waals surface area (Å²) in [5.74, 6) is 1.04. The van der Waals surface area contributed by atoms with Gasteiger partial charge in [-0.25, -0.2) is 13.1 Å². The molecule has 0 unspecified atom stereocenters. The number of nitrogens with zero attached hydrogens (tertiary/aromatic N) is 2. The van der Waals surface area contributed by atoms with Gasteiger partial charge in [-0.2, -0.15) is 4.98 Å². The van der Waals surface area contributed by atoms with Crippen molar-refractivity contribution in [2.75, 3.05) is 12.3 Å². The molecule has 0 amide bonds. The zero-order valence-electron chi connectivity index (χ0n) is 15.3. The maximum atomic E-state index is 12.1. The highest BCUT2D eigenvalue weighted by atomic mass is 32.2. The molecule has 27 heavy (non-hydrogen) atoms. The quantitative estimate of drug-likeness (QED) is 0.612. The SMILES string of the molecule is Cc1ccccc1-c1noc(CCNS(=O)(=O)CCCc2ccccc2)n1. The summed E-state index contributed by atoms with van der Waals surface area (Å²) >= 11 is 0. The van der Waals surface area contributed by atoms with Gasteiger partial charge in [0.15, 0.2) is 0 Å². The molecule has 7 heteroatoms. The molecule has 0 aliphatic carbocycles. The standard InChI is InChI=1S/C20H23N3O3S/c1-16-8-5-6-12-18(16)20-22-19(26-23-20)13-14-21-27(24,25)15-7-11-17-9-3-2-4-10-17/h2-6,8-10,12,21H,7,11,13-15H2,1H3. The maximum Gasteiger partial charge on any atom is 0.228 e. The van der Waals surface area contributed by atoms with Gasteiger partial charge in [-0.15, -0.1) is 0 Å². The lowest BCUT2D eigenvalue weighted by atomic mass is 10.1. The zero-order chi connectivity index (χ0) is 19.1. The Morgan fingerprint density at radius 1 is 1.00 bits per heavy atom. The summed E-state index contributed by atoms with van der Waals surface area (Å²) in [6.45, 7) is 2.22. The van der Waals surface area contributed by atoms with Gasteiger partial charge in [0.1, 0.15) is 0 Å². The molecule has 0 saturated heterocycles. The Bertz CT molecular complexity index is 969. The normalized spacial score (nSPS) is 11.6. The third kappa shape index (κ3) is 5.74. The average Bonchev–Trinajstić information content (AvgIpc) is 3.11. The van der Waals surface area contributed by atoms with Crippen molar-refractivity contribution in [3.8, 4) is 11.4 Å². The van der Waals surface area contributed by atoms with E-state index in [2.05, 4.69) is 14.9 Å². The van der Waals surface area contributed by atoms with E-state index in [0.717, 1.165) is 23.1 Å². The third-order valence-electron chi connectivity index (χ3n) is 4.24. The van der Waals surface area contributed by atoms with Crippen molar-refractivity contribution in [2.45, 2.75) is 26.2 Å². The van der Waals surface area contributed by atoms with E-state index in [1.807, 2.05) is 61.5 Å². The molecule has 6 nitrogen and oxygen atoms in total. The van der Waals surface area contributed by atoms with Crippen LogP contribution in [0.25, 0.3) is 11.4 Å². The van der Waals surface area contributed by atoms with Crippen LogP contribution in [0.3, 0.4) is 0 Å². The number of nitrogens with one attached hydrogen (secondary N) is 1. The molecular formula is C20H23N3O3S. The second kappa shape index (κ2) is 8.92. The van der Waals surface area contributed by atoms with Crippen LogP contribution in [0.2, 0.25) is 0 Å². The Kier molecular flexibility index (Phi) is 6.36. The Labute approximate surface area is 159 Å². The predicted molar refractivity (Wildman–Crippen MR) is 105 cm³/mol. The number of rotatable bonds is 9. The van der Waals surface area contributed by atoms with Gasteiger partial charge in [-0.3, -0.25) is 0 Å². The van der Waals surface area contributed by atoms with E-state index in [-0.39, 0.29) is 12.3 Å². The number of hydrogen-bond donors (Lipinski definition) is 1. The third-order valence-corrected chi connectivity index (χ3v) is 5.71. The van der Waals surface area contributed by atoms with Gasteiger partial charge in [0.2, 0.25) is 21.7 Å². The highest BCUT2D eigenvalue weighted by Gasteiger charge is 2.13. The van der Waals surface area contributed by atoms with Crippen LogP contribution in [0.15, 0.2) is 59.1 Å². The summed E-state index contributed by atoms with van der Waals surface area (Å²) < 4.78 is 32.0. The fourth-order valence-corrected chi connectivity index (χ4v) is 3.87. The molecule has 0 bridgehead atoms. The number of hydrogen-bond acceptors (Lipinski definition) is 5. The molecule has 0 spiro atoms. The van der Waals surface area contributed by atoms with Crippen molar-refractivity contribution in [1.82, 2.24) is 14.9 Å². The summed E-state index contributed by atoms with van der Waals surface area (Å²) in [6, 6.07) is 17.6. The van der Waals surface area contributed by atoms with Crippen molar-refractivity contribution < 1.29 is 12.9 Å². The van der Waals surface area contributed by atoms with Crippen molar-refractivity contribution in [1.29, 1.82) is 0 Å². The molecule has 1 heterocycles. The van der Waals surface area contributed by atoms with Crippen molar-refractivity contribution in [3.05, 3.63) is 71.6 Å². The molecule has 142 valence electrons. The molecule has 1 N–H and O–H groups in total. The van der Waals surface area contributed by atoms with Gasteiger partial charge < -0.3 is 4.52 Å². The lowest BCUT2D eigenvalue weighted by molar-refractivity contribution is 0.379. The lowest BCUT2D eigenvalue weighted by Crippen LogP contribution is -2.28. The van der Waals surface area contributed by atoms with Gasteiger partial charge in [-0.1, -0.05) is 59.8 Å². The largest absolute Gasteiger partial charge is 0.339 e. The van der Waals surface area contributed by atoms with Gasteiger partial charge in [0.25, 0.3) is 0 Å². The second-order valence-corrected chi connectivity index (χ2v) is 8.31. The van der Waals surface area contributed by atoms with Gasteiger partial charge >= 0.3 is 0 Å².